The number of hydrogen-bond donors (Lipinski definition) is 2. The first-order chi connectivity index (χ1) is 19.5. The molecular formula is C27H30N10O3. The van der Waals surface area contributed by atoms with Crippen LogP contribution in [0.25, 0.3) is 33.5 Å². The predicted octanol–water partition coefficient (Wildman–Crippen LogP) is 1.97. The number of rotatable bonds is 9. The molecule has 5 rings (SSSR count). The fourth-order valence-electron chi connectivity index (χ4n) is 4.43. The number of carbonyl (C=O) groups is 1. The van der Waals surface area contributed by atoms with Crippen LogP contribution in [-0.4, -0.2) is 93.5 Å². The highest BCUT2D eigenvalue weighted by molar-refractivity contribution is 6.11. The van der Waals surface area contributed by atoms with E-state index in [4.69, 9.17) is 24.9 Å². The molecule has 0 spiro atoms. The number of hydrogen-bond acceptors (Lipinski definition) is 11. The largest absolute Gasteiger partial charge is 0.378 e. The third kappa shape index (κ3) is 5.71. The van der Waals surface area contributed by atoms with Crippen molar-refractivity contribution in [1.82, 2.24) is 34.9 Å². The molecule has 1 saturated heterocycles. The molecule has 1 aliphatic heterocycles. The fourth-order valence-corrected chi connectivity index (χ4v) is 4.43. The molecule has 0 atom stereocenters. The Hall–Kier alpha value is -4.59. The number of morpholine rings is 1. The first kappa shape index (κ1) is 27.0. The van der Waals surface area contributed by atoms with Crippen LogP contribution in [0.5, 0.6) is 0 Å². The van der Waals surface area contributed by atoms with Crippen molar-refractivity contribution in [2.75, 3.05) is 44.9 Å². The summed E-state index contributed by atoms with van der Waals surface area (Å²) in [6.45, 7) is 6.71. The number of aryl methyl sites for hydroxylation is 1. The maximum absolute atomic E-state index is 11.7. The predicted molar refractivity (Wildman–Crippen MR) is 152 cm³/mol. The molecule has 4 heterocycles. The van der Waals surface area contributed by atoms with E-state index in [1.807, 2.05) is 47.8 Å². The molecule has 1 amide bonds. The van der Waals surface area contributed by atoms with Gasteiger partial charge in [-0.05, 0) is 25.9 Å². The number of ether oxygens (including phenoxy) is 1. The maximum atomic E-state index is 11.7. The lowest BCUT2D eigenvalue weighted by molar-refractivity contribution is -0.124. The van der Waals surface area contributed by atoms with E-state index >= 15 is 0 Å². The number of hydroxylamine groups is 1. The Morgan fingerprint density at radius 1 is 1.25 bits per heavy atom. The third-order valence-electron chi connectivity index (χ3n) is 6.51. The van der Waals surface area contributed by atoms with Crippen molar-refractivity contribution in [2.45, 2.75) is 6.54 Å². The van der Waals surface area contributed by atoms with Gasteiger partial charge in [-0.1, -0.05) is 18.2 Å². The van der Waals surface area contributed by atoms with Crippen molar-refractivity contribution in [3.8, 4) is 11.4 Å². The Balaban J connectivity index is 1.47. The van der Waals surface area contributed by atoms with Crippen LogP contribution in [0, 0.1) is 0 Å². The molecule has 0 saturated carbocycles. The van der Waals surface area contributed by atoms with Gasteiger partial charge in [-0.15, -0.1) is 0 Å². The van der Waals surface area contributed by atoms with Gasteiger partial charge in [0.2, 0.25) is 0 Å². The van der Waals surface area contributed by atoms with Gasteiger partial charge in [-0.2, -0.15) is 0 Å². The first-order valence-electron chi connectivity index (χ1n) is 12.7. The van der Waals surface area contributed by atoms with E-state index in [9.17, 15) is 4.79 Å². The molecule has 1 aromatic carbocycles. The number of amides is 1. The number of benzene rings is 1. The van der Waals surface area contributed by atoms with Crippen molar-refractivity contribution in [1.29, 1.82) is 0 Å². The van der Waals surface area contributed by atoms with Crippen LogP contribution in [0.2, 0.25) is 0 Å². The molecule has 2 N–H and O–H groups in total. The van der Waals surface area contributed by atoms with Gasteiger partial charge in [0.05, 0.1) is 37.5 Å². The van der Waals surface area contributed by atoms with E-state index in [1.54, 1.807) is 11.7 Å². The molecular weight excluding hydrogens is 512 g/mol. The molecule has 0 radical (unpaired) electrons. The summed E-state index contributed by atoms with van der Waals surface area (Å²) in [5, 5.41) is 9.90. The van der Waals surface area contributed by atoms with Crippen LogP contribution in [0.1, 0.15) is 5.82 Å². The lowest BCUT2D eigenvalue weighted by Crippen LogP contribution is -2.37. The van der Waals surface area contributed by atoms with E-state index in [-0.39, 0.29) is 12.2 Å². The van der Waals surface area contributed by atoms with Crippen molar-refractivity contribution in [2.24, 2.45) is 17.0 Å². The van der Waals surface area contributed by atoms with Gasteiger partial charge in [-0.25, -0.2) is 20.4 Å². The maximum Gasteiger partial charge on any atom is 0.277 e. The molecule has 206 valence electrons. The lowest BCUT2D eigenvalue weighted by Gasteiger charge is -2.28. The molecule has 0 unspecified atom stereocenters. The quantitative estimate of drug-likeness (QED) is 0.140. The molecule has 1 aliphatic rings. The van der Waals surface area contributed by atoms with Crippen LogP contribution in [0.3, 0.4) is 0 Å². The molecule has 3 aromatic heterocycles. The molecule has 13 heteroatoms. The number of aliphatic imine (C=N–C) groups is 2. The topological polar surface area (TPSA) is 146 Å². The zero-order chi connectivity index (χ0) is 28.1. The number of imidazole rings is 1. The molecule has 40 heavy (non-hydrogen) atoms. The van der Waals surface area contributed by atoms with Crippen molar-refractivity contribution >= 4 is 46.7 Å². The third-order valence-corrected chi connectivity index (χ3v) is 6.51. The van der Waals surface area contributed by atoms with Gasteiger partial charge in [0, 0.05) is 49.7 Å². The number of nitrogens with zero attached hydrogens (tertiary/aromatic N) is 9. The number of para-hydroxylation sites is 1. The highest BCUT2D eigenvalue weighted by Gasteiger charge is 2.23. The van der Waals surface area contributed by atoms with Crippen LogP contribution in [-0.2, 0) is 23.1 Å². The zero-order valence-electron chi connectivity index (χ0n) is 22.4. The molecule has 0 bridgehead atoms. The number of aromatic nitrogens is 5. The summed E-state index contributed by atoms with van der Waals surface area (Å²) in [6.07, 6.45) is 4.35. The fraction of sp³-hybridized carbons (Fsp3) is 0.296. The average Bonchev–Trinajstić information content (AvgIpc) is 3.30. The van der Waals surface area contributed by atoms with Gasteiger partial charge in [0.25, 0.3) is 5.91 Å². The SMILES string of the molecule is C=N/C=C(\C=NCN(C)Cc1nc2c(N3CCOCC3)nc(-c3cnc4ccccc4c3)nc2n1C)C(=O)NO. The normalized spacial score (nSPS) is 14.5. The highest BCUT2D eigenvalue weighted by Crippen LogP contribution is 2.29. The van der Waals surface area contributed by atoms with Gasteiger partial charge >= 0.3 is 0 Å². The zero-order valence-corrected chi connectivity index (χ0v) is 22.4. The summed E-state index contributed by atoms with van der Waals surface area (Å²) in [5.74, 6) is 1.40. The van der Waals surface area contributed by atoms with Crippen LogP contribution >= 0.6 is 0 Å². The minimum atomic E-state index is -0.721. The summed E-state index contributed by atoms with van der Waals surface area (Å²) in [7, 11) is 3.82. The number of anilines is 1. The molecule has 4 aromatic rings. The minimum Gasteiger partial charge on any atom is -0.378 e. The highest BCUT2D eigenvalue weighted by atomic mass is 16.5. The van der Waals surface area contributed by atoms with Crippen LogP contribution in [0.4, 0.5) is 5.82 Å². The van der Waals surface area contributed by atoms with E-state index in [0.717, 1.165) is 33.6 Å². The standard InChI is InChI=1S/C27H30N10O3/c1-28-13-20(27(38)34-39)14-29-17-35(2)16-22-31-23-25(36(22)3)32-24(33-26(23)37-8-10-40-11-9-37)19-12-18-6-4-5-7-21(18)30-15-19/h4-7,12-15,39H,1,8-11,16-17H2,2-3H3,(H,34,38)/b20-13+,29-14?. The summed E-state index contributed by atoms with van der Waals surface area (Å²) in [5.41, 5.74) is 4.82. The van der Waals surface area contributed by atoms with Gasteiger partial charge in [-0.3, -0.25) is 29.9 Å². The Morgan fingerprint density at radius 2 is 2.05 bits per heavy atom. The smallest absolute Gasteiger partial charge is 0.277 e. The van der Waals surface area contributed by atoms with Gasteiger partial charge in [0.15, 0.2) is 22.8 Å². The summed E-state index contributed by atoms with van der Waals surface area (Å²) >= 11 is 0. The second kappa shape index (κ2) is 12.1. The molecule has 13 nitrogen and oxygen atoms in total. The Kier molecular flexibility index (Phi) is 8.15. The van der Waals surface area contributed by atoms with Crippen LogP contribution in [0.15, 0.2) is 58.3 Å². The Labute approximate surface area is 230 Å². The average molecular weight is 543 g/mol. The Bertz CT molecular complexity index is 1610. The van der Waals surface area contributed by atoms with Crippen molar-refractivity contribution in [3.63, 3.8) is 0 Å². The summed E-state index contributed by atoms with van der Waals surface area (Å²) < 4.78 is 7.54. The van der Waals surface area contributed by atoms with E-state index in [2.05, 4.69) is 32.7 Å². The van der Waals surface area contributed by atoms with E-state index in [1.165, 1.54) is 12.4 Å². The Morgan fingerprint density at radius 3 is 2.83 bits per heavy atom. The number of nitrogens with one attached hydrogen (secondary N) is 1. The minimum absolute atomic E-state index is 0.0785. The first-order valence-corrected chi connectivity index (χ1v) is 12.7. The van der Waals surface area contributed by atoms with Crippen molar-refractivity contribution < 1.29 is 14.7 Å². The molecule has 0 aliphatic carbocycles. The second-order valence-corrected chi connectivity index (χ2v) is 9.32. The molecule has 1 fully saturated rings. The van der Waals surface area contributed by atoms with Gasteiger partial charge < -0.3 is 14.2 Å². The lowest BCUT2D eigenvalue weighted by atomic mass is 10.1. The summed E-state index contributed by atoms with van der Waals surface area (Å²) in [4.78, 5) is 43.1. The van der Waals surface area contributed by atoms with E-state index < -0.39 is 5.91 Å². The van der Waals surface area contributed by atoms with Crippen molar-refractivity contribution in [3.05, 3.63) is 54.1 Å². The second-order valence-electron chi connectivity index (χ2n) is 9.32. The van der Waals surface area contributed by atoms with E-state index in [0.29, 0.717) is 44.3 Å². The number of pyridine rings is 1. The monoisotopic (exact) mass is 542 g/mol. The van der Waals surface area contributed by atoms with Gasteiger partial charge in [0.1, 0.15) is 5.82 Å². The number of carbonyl (C=O) groups excluding carboxylic acids is 1. The van der Waals surface area contributed by atoms with Crippen LogP contribution < -0.4 is 10.4 Å². The summed E-state index contributed by atoms with van der Waals surface area (Å²) in [6, 6.07) is 10.0. The number of fused-ring (bicyclic) bond motifs is 2.